The quantitative estimate of drug-likeness (QED) is 0.253. The zero-order chi connectivity index (χ0) is 21.2. The number of ether oxygens (including phenoxy) is 1. The first-order valence-electron chi connectivity index (χ1n) is 8.51. The first kappa shape index (κ1) is 19.7. The van der Waals surface area contributed by atoms with Crippen molar-refractivity contribution < 1.29 is 28.7 Å². The molecule has 0 radical (unpaired) electrons. The van der Waals surface area contributed by atoms with E-state index in [2.05, 4.69) is 30.5 Å². The number of nitrogens with two attached hydrogens (primary N) is 1. The van der Waals surface area contributed by atoms with Gasteiger partial charge in [0.15, 0.2) is 0 Å². The fraction of sp³-hybridized carbons (Fsp3) is 0.500. The monoisotopic (exact) mass is 461 g/mol. The van der Waals surface area contributed by atoms with Gasteiger partial charge in [-0.25, -0.2) is 0 Å². The summed E-state index contributed by atoms with van der Waals surface area (Å²) in [5, 5.41) is 22.5. The molecule has 16 nitrogen and oxygen atoms in total. The van der Waals surface area contributed by atoms with Crippen LogP contribution in [0.4, 0.5) is 5.95 Å². The van der Waals surface area contributed by atoms with Crippen molar-refractivity contribution >= 4 is 37.0 Å². The van der Waals surface area contributed by atoms with Crippen LogP contribution in [-0.4, -0.2) is 79.5 Å². The fourth-order valence-corrected chi connectivity index (χ4v) is 5.22. The Labute approximate surface area is 170 Å². The third-order valence-electron chi connectivity index (χ3n) is 4.59. The number of imidazole rings is 1. The molecule has 6 N–H and O–H groups in total. The molecule has 0 spiro atoms. The van der Waals surface area contributed by atoms with Gasteiger partial charge in [0.05, 0.1) is 0 Å². The molecule has 2 aliphatic rings. The number of nitrogen functional groups attached to an aromatic ring is 1. The van der Waals surface area contributed by atoms with E-state index < -0.39 is 38.3 Å². The third kappa shape index (κ3) is 3.15. The van der Waals surface area contributed by atoms with E-state index in [0.29, 0.717) is 5.16 Å². The molecule has 5 heterocycles. The van der Waals surface area contributed by atoms with Gasteiger partial charge >= 0.3 is 170 Å². The first-order chi connectivity index (χ1) is 14.2. The molecule has 2 saturated heterocycles. The van der Waals surface area contributed by atoms with Crippen molar-refractivity contribution in [1.29, 1.82) is 0 Å². The van der Waals surface area contributed by atoms with Crippen molar-refractivity contribution in [3.63, 3.8) is 0 Å². The van der Waals surface area contributed by atoms with Crippen molar-refractivity contribution in [1.82, 2.24) is 39.7 Å². The SMILES string of the molecule is Cn1nnnc1Sc1nc2c(=O)[nH]c(N)nc2n1[C@@H]1OC2CO[PH](O)(O)O[C@H]2C1O. The Balaban J connectivity index is 1.63. The zero-order valence-corrected chi connectivity index (χ0v) is 16.9. The van der Waals surface area contributed by atoms with Gasteiger partial charge in [0.2, 0.25) is 0 Å². The van der Waals surface area contributed by atoms with Crippen LogP contribution in [0.2, 0.25) is 0 Å². The summed E-state index contributed by atoms with van der Waals surface area (Å²) in [4.78, 5) is 42.6. The number of aromatic amines is 1. The summed E-state index contributed by atoms with van der Waals surface area (Å²) in [6.07, 6.45) is -4.37. The van der Waals surface area contributed by atoms with Gasteiger partial charge in [-0.2, -0.15) is 0 Å². The average molecular weight is 461 g/mol. The van der Waals surface area contributed by atoms with Crippen LogP contribution in [0.5, 0.6) is 0 Å². The second-order valence-electron chi connectivity index (χ2n) is 6.57. The molecule has 30 heavy (non-hydrogen) atoms. The molecule has 4 atom stereocenters. The molecule has 0 amide bonds. The average Bonchev–Trinajstić information content (AvgIpc) is 3.32. The predicted octanol–water partition coefficient (Wildman–Crippen LogP) is -2.56. The Morgan fingerprint density at radius 3 is 2.87 bits per heavy atom. The maximum absolute atomic E-state index is 12.4. The summed E-state index contributed by atoms with van der Waals surface area (Å²) < 4.78 is 18.6. The van der Waals surface area contributed by atoms with Gasteiger partial charge in [0.1, 0.15) is 0 Å². The molecule has 0 saturated carbocycles. The summed E-state index contributed by atoms with van der Waals surface area (Å²) in [7, 11) is -2.75. The number of aliphatic hydroxyl groups is 1. The van der Waals surface area contributed by atoms with Crippen LogP contribution in [0.25, 0.3) is 11.2 Å². The van der Waals surface area contributed by atoms with Crippen molar-refractivity contribution in [3.05, 3.63) is 10.4 Å². The first-order valence-corrected chi connectivity index (χ1v) is 11.0. The maximum atomic E-state index is 12.4. The number of nitrogens with one attached hydrogen (secondary N) is 1. The number of rotatable bonds is 3. The van der Waals surface area contributed by atoms with Gasteiger partial charge < -0.3 is 0 Å². The Hall–Kier alpha value is -2.24. The molecule has 18 heteroatoms. The van der Waals surface area contributed by atoms with Crippen LogP contribution >= 0.6 is 19.9 Å². The van der Waals surface area contributed by atoms with Crippen LogP contribution in [0.3, 0.4) is 0 Å². The van der Waals surface area contributed by atoms with Crippen molar-refractivity contribution in [2.75, 3.05) is 12.3 Å². The summed E-state index contributed by atoms with van der Waals surface area (Å²) >= 11 is 1.00. The molecule has 5 rings (SSSR count). The Bertz CT molecular complexity index is 1180. The Morgan fingerprint density at radius 1 is 1.33 bits per heavy atom. The molecular weight excluding hydrogens is 445 g/mol. The van der Waals surface area contributed by atoms with Gasteiger partial charge in [-0.1, -0.05) is 0 Å². The summed E-state index contributed by atoms with van der Waals surface area (Å²) in [6, 6.07) is 0. The van der Waals surface area contributed by atoms with E-state index in [4.69, 9.17) is 19.5 Å². The third-order valence-corrected chi connectivity index (χ3v) is 6.71. The molecule has 0 bridgehead atoms. The molecule has 2 fully saturated rings. The minimum atomic E-state index is -4.37. The summed E-state index contributed by atoms with van der Waals surface area (Å²) in [5.74, 6) is -0.160. The number of nitrogens with zero attached hydrogens (tertiary/aromatic N) is 7. The number of tetrazole rings is 1. The van der Waals surface area contributed by atoms with Gasteiger partial charge in [-0.3, -0.25) is 0 Å². The van der Waals surface area contributed by atoms with E-state index >= 15 is 0 Å². The molecule has 0 aliphatic carbocycles. The van der Waals surface area contributed by atoms with Gasteiger partial charge in [0, 0.05) is 0 Å². The number of hydrogen-bond donors (Lipinski definition) is 5. The zero-order valence-electron chi connectivity index (χ0n) is 15.1. The Kier molecular flexibility index (Phi) is 4.53. The normalized spacial score (nSPS) is 29.2. The predicted molar refractivity (Wildman–Crippen MR) is 99.0 cm³/mol. The number of aromatic nitrogens is 8. The number of aliphatic hydroxyl groups excluding tert-OH is 1. The summed E-state index contributed by atoms with van der Waals surface area (Å²) in [5.41, 5.74) is 5.11. The van der Waals surface area contributed by atoms with Gasteiger partial charge in [-0.05, 0) is 0 Å². The van der Waals surface area contributed by atoms with Gasteiger partial charge in [0.25, 0.3) is 0 Å². The molecule has 2 unspecified atom stereocenters. The van der Waals surface area contributed by atoms with Crippen molar-refractivity contribution in [3.8, 4) is 0 Å². The molecule has 3 aromatic heterocycles. The molecule has 3 aromatic rings. The second-order valence-corrected chi connectivity index (χ2v) is 9.13. The molecule has 162 valence electrons. The van der Waals surface area contributed by atoms with E-state index in [1.165, 1.54) is 9.25 Å². The molecular formula is C12H16N9O7PS. The van der Waals surface area contributed by atoms with E-state index in [9.17, 15) is 19.7 Å². The number of H-pyrrole nitrogens is 1. The number of aryl methyl sites for hydroxylation is 1. The van der Waals surface area contributed by atoms with Crippen LogP contribution in [0.1, 0.15) is 6.23 Å². The number of hydrogen-bond acceptors (Lipinski definition) is 14. The topological polar surface area (TPSA) is 222 Å². The van der Waals surface area contributed by atoms with Gasteiger partial charge in [-0.15, -0.1) is 0 Å². The summed E-state index contributed by atoms with van der Waals surface area (Å²) in [6.45, 7) is -0.199. The van der Waals surface area contributed by atoms with E-state index in [1.54, 1.807) is 7.05 Å². The molecule has 2 aliphatic heterocycles. The standard InChI is InChI=1S/C12H16N9O7PS/c1-20-12(17-18-19-20)30-11-14-4-7(15-10(13)16-8(4)23)21(11)9-5(22)6-3(27-9)2-26-29(24,25)28-6/h3,5-6,9,22,24-25,29H,2H2,1H3,(H3,13,15,16,23)/t3?,5?,6-,9-/m1/s1. The van der Waals surface area contributed by atoms with E-state index in [-0.39, 0.29) is 28.9 Å². The Morgan fingerprint density at radius 2 is 2.13 bits per heavy atom. The minimum absolute atomic E-state index is 0.0438. The van der Waals surface area contributed by atoms with Crippen LogP contribution in [0.15, 0.2) is 15.1 Å². The fourth-order valence-electron chi connectivity index (χ4n) is 3.29. The van der Waals surface area contributed by atoms with Crippen LogP contribution in [0, 0.1) is 0 Å². The molecule has 0 aromatic carbocycles. The van der Waals surface area contributed by atoms with Crippen LogP contribution in [-0.2, 0) is 20.8 Å². The number of anilines is 1. The number of fused-ring (bicyclic) bond motifs is 2. The van der Waals surface area contributed by atoms with Crippen LogP contribution < -0.4 is 11.3 Å². The van der Waals surface area contributed by atoms with Crippen molar-refractivity contribution in [2.24, 2.45) is 7.05 Å². The van der Waals surface area contributed by atoms with E-state index in [1.807, 2.05) is 0 Å². The second kappa shape index (κ2) is 6.89. The van der Waals surface area contributed by atoms with Crippen molar-refractivity contribution in [2.45, 2.75) is 34.9 Å². The van der Waals surface area contributed by atoms with E-state index in [0.717, 1.165) is 11.8 Å².